The van der Waals surface area contributed by atoms with Crippen molar-refractivity contribution in [1.82, 2.24) is 0 Å². The molecule has 1 aromatic carbocycles. The number of halogens is 2. The summed E-state index contributed by atoms with van der Waals surface area (Å²) in [4.78, 5) is 11.4. The number of carbonyl (C=O) groups excluding carboxylic acids is 1. The second-order valence-corrected chi connectivity index (χ2v) is 4.47. The smallest absolute Gasteiger partial charge is 0.234 e. The van der Waals surface area contributed by atoms with Crippen LogP contribution in [0.15, 0.2) is 18.2 Å². The summed E-state index contributed by atoms with van der Waals surface area (Å²) in [6.07, 6.45) is 0.826. The molecule has 0 unspecified atom stereocenters. The van der Waals surface area contributed by atoms with Crippen LogP contribution in [0.4, 0.5) is 14.5 Å². The van der Waals surface area contributed by atoms with Gasteiger partial charge in [-0.25, -0.2) is 8.78 Å². The first-order valence-electron chi connectivity index (χ1n) is 5.16. The van der Waals surface area contributed by atoms with E-state index in [1.165, 1.54) is 11.8 Å². The van der Waals surface area contributed by atoms with Gasteiger partial charge >= 0.3 is 0 Å². The maximum Gasteiger partial charge on any atom is 0.234 e. The zero-order valence-electron chi connectivity index (χ0n) is 9.21. The average Bonchev–Trinajstić information content (AvgIpc) is 2.29. The minimum atomic E-state index is -0.647. The molecule has 17 heavy (non-hydrogen) atoms. The molecule has 1 rings (SSSR count). The first-order valence-corrected chi connectivity index (χ1v) is 6.31. The van der Waals surface area contributed by atoms with Crippen molar-refractivity contribution in [3.63, 3.8) is 0 Å². The maximum absolute atomic E-state index is 13.2. The Balaban J connectivity index is 2.42. The summed E-state index contributed by atoms with van der Waals surface area (Å²) in [6, 6.07) is 2.94. The highest BCUT2D eigenvalue weighted by atomic mass is 32.2. The zero-order chi connectivity index (χ0) is 12.7. The summed E-state index contributed by atoms with van der Waals surface area (Å²) in [5, 5.41) is 2.32. The van der Waals surface area contributed by atoms with Crippen molar-refractivity contribution < 1.29 is 13.6 Å². The van der Waals surface area contributed by atoms with E-state index in [1.807, 2.05) is 0 Å². The molecule has 0 atom stereocenters. The molecule has 0 spiro atoms. The van der Waals surface area contributed by atoms with Crippen LogP contribution in [0, 0.1) is 11.6 Å². The molecule has 0 heterocycles. The third-order valence-electron chi connectivity index (χ3n) is 1.93. The molecule has 0 bridgehead atoms. The molecule has 3 nitrogen and oxygen atoms in total. The Morgan fingerprint density at radius 3 is 2.88 bits per heavy atom. The van der Waals surface area contributed by atoms with Crippen LogP contribution in [0.3, 0.4) is 0 Å². The molecule has 0 aliphatic carbocycles. The Kier molecular flexibility index (Phi) is 5.93. The number of hydrogen-bond acceptors (Lipinski definition) is 3. The summed E-state index contributed by atoms with van der Waals surface area (Å²) < 4.78 is 26.0. The van der Waals surface area contributed by atoms with Gasteiger partial charge in [-0.05, 0) is 30.9 Å². The summed E-state index contributed by atoms with van der Waals surface area (Å²) in [5.41, 5.74) is 5.17. The van der Waals surface area contributed by atoms with E-state index in [9.17, 15) is 13.6 Å². The van der Waals surface area contributed by atoms with Crippen LogP contribution >= 0.6 is 11.8 Å². The predicted molar refractivity (Wildman–Crippen MR) is 66.0 cm³/mol. The second kappa shape index (κ2) is 7.24. The highest BCUT2D eigenvalue weighted by Gasteiger charge is 2.07. The normalized spacial score (nSPS) is 10.3. The van der Waals surface area contributed by atoms with Gasteiger partial charge in [0, 0.05) is 6.07 Å². The van der Waals surface area contributed by atoms with E-state index in [2.05, 4.69) is 5.32 Å². The van der Waals surface area contributed by atoms with Crippen LogP contribution in [0.25, 0.3) is 0 Å². The number of hydrogen-bond donors (Lipinski definition) is 2. The third kappa shape index (κ3) is 5.14. The fourth-order valence-corrected chi connectivity index (χ4v) is 1.90. The van der Waals surface area contributed by atoms with Crippen LogP contribution in [0.1, 0.15) is 6.42 Å². The Labute approximate surface area is 103 Å². The number of nitrogens with two attached hydrogens (primary N) is 1. The third-order valence-corrected chi connectivity index (χ3v) is 2.97. The first-order chi connectivity index (χ1) is 8.13. The van der Waals surface area contributed by atoms with Crippen LogP contribution in [0.2, 0.25) is 0 Å². The molecule has 6 heteroatoms. The van der Waals surface area contributed by atoms with E-state index < -0.39 is 11.6 Å². The van der Waals surface area contributed by atoms with E-state index in [-0.39, 0.29) is 17.3 Å². The van der Waals surface area contributed by atoms with Gasteiger partial charge in [0.15, 0.2) is 0 Å². The maximum atomic E-state index is 13.2. The summed E-state index contributed by atoms with van der Waals surface area (Å²) >= 11 is 1.41. The number of amides is 1. The summed E-state index contributed by atoms with van der Waals surface area (Å²) in [5.74, 6) is -0.605. The van der Waals surface area contributed by atoms with Gasteiger partial charge in [0.05, 0.1) is 11.4 Å². The molecule has 0 saturated carbocycles. The van der Waals surface area contributed by atoms with Crippen molar-refractivity contribution in [2.75, 3.05) is 23.4 Å². The van der Waals surface area contributed by atoms with Crippen LogP contribution in [-0.2, 0) is 4.79 Å². The highest BCUT2D eigenvalue weighted by Crippen LogP contribution is 2.15. The van der Waals surface area contributed by atoms with E-state index in [0.717, 1.165) is 30.4 Å². The lowest BCUT2D eigenvalue weighted by Crippen LogP contribution is -2.15. The van der Waals surface area contributed by atoms with Gasteiger partial charge in [0.1, 0.15) is 11.6 Å². The van der Waals surface area contributed by atoms with Gasteiger partial charge in [0.25, 0.3) is 0 Å². The number of benzene rings is 1. The Hall–Kier alpha value is -1.14. The van der Waals surface area contributed by atoms with Gasteiger partial charge in [0.2, 0.25) is 5.91 Å². The quantitative estimate of drug-likeness (QED) is 0.769. The molecule has 3 N–H and O–H groups in total. The minimum absolute atomic E-state index is 0.130. The van der Waals surface area contributed by atoms with Crippen molar-refractivity contribution in [2.24, 2.45) is 5.73 Å². The van der Waals surface area contributed by atoms with Crippen LogP contribution in [0.5, 0.6) is 0 Å². The topological polar surface area (TPSA) is 55.1 Å². The van der Waals surface area contributed by atoms with Crippen molar-refractivity contribution in [1.29, 1.82) is 0 Å². The first kappa shape index (κ1) is 13.9. The molecule has 0 fully saturated rings. The number of thioether (sulfide) groups is 1. The van der Waals surface area contributed by atoms with E-state index in [0.29, 0.717) is 6.54 Å². The molecule has 94 valence electrons. The summed E-state index contributed by atoms with van der Waals surface area (Å²) in [7, 11) is 0. The molecule has 1 amide bonds. The van der Waals surface area contributed by atoms with Gasteiger partial charge < -0.3 is 11.1 Å². The molecule has 0 aromatic heterocycles. The fourth-order valence-electron chi connectivity index (χ4n) is 1.13. The predicted octanol–water partition coefficient (Wildman–Crippen LogP) is 1.99. The molecule has 0 saturated heterocycles. The lowest BCUT2D eigenvalue weighted by atomic mass is 10.3. The minimum Gasteiger partial charge on any atom is -0.330 e. The van der Waals surface area contributed by atoms with Crippen molar-refractivity contribution >= 4 is 23.4 Å². The number of nitrogens with one attached hydrogen (secondary N) is 1. The van der Waals surface area contributed by atoms with Crippen molar-refractivity contribution in [3.8, 4) is 0 Å². The number of carbonyl (C=O) groups is 1. The molecule has 0 aliphatic rings. The molecule has 0 radical (unpaired) electrons. The number of anilines is 1. The largest absolute Gasteiger partial charge is 0.330 e. The van der Waals surface area contributed by atoms with Gasteiger partial charge in [-0.15, -0.1) is 0 Å². The van der Waals surface area contributed by atoms with E-state index in [1.54, 1.807) is 0 Å². The standard InChI is InChI=1S/C11H14F2N2OS/c12-8-2-3-9(13)10(6-8)15-11(16)7-17-5-1-4-14/h2-3,6H,1,4-5,7,14H2,(H,15,16). The van der Waals surface area contributed by atoms with Gasteiger partial charge in [-0.2, -0.15) is 11.8 Å². The van der Waals surface area contributed by atoms with E-state index >= 15 is 0 Å². The van der Waals surface area contributed by atoms with Crippen molar-refractivity contribution in [3.05, 3.63) is 29.8 Å². The molecule has 1 aromatic rings. The summed E-state index contributed by atoms with van der Waals surface area (Å²) in [6.45, 7) is 0.577. The monoisotopic (exact) mass is 260 g/mol. The molecule has 0 aliphatic heterocycles. The molecular weight excluding hydrogens is 246 g/mol. The van der Waals surface area contributed by atoms with Crippen LogP contribution < -0.4 is 11.1 Å². The lowest BCUT2D eigenvalue weighted by molar-refractivity contribution is -0.113. The van der Waals surface area contributed by atoms with Gasteiger partial charge in [-0.3, -0.25) is 4.79 Å². The zero-order valence-corrected chi connectivity index (χ0v) is 10.0. The Morgan fingerprint density at radius 1 is 1.41 bits per heavy atom. The van der Waals surface area contributed by atoms with Crippen molar-refractivity contribution in [2.45, 2.75) is 6.42 Å². The lowest BCUT2D eigenvalue weighted by Gasteiger charge is -2.06. The molecular formula is C11H14F2N2OS. The van der Waals surface area contributed by atoms with Gasteiger partial charge in [-0.1, -0.05) is 0 Å². The highest BCUT2D eigenvalue weighted by molar-refractivity contribution is 7.99. The fraction of sp³-hybridized carbons (Fsp3) is 0.364. The SMILES string of the molecule is NCCCSCC(=O)Nc1cc(F)ccc1F. The Bertz CT molecular complexity index is 388. The van der Waals surface area contributed by atoms with E-state index in [4.69, 9.17) is 5.73 Å². The second-order valence-electron chi connectivity index (χ2n) is 3.37. The average molecular weight is 260 g/mol. The van der Waals surface area contributed by atoms with Crippen LogP contribution in [-0.4, -0.2) is 24.0 Å². The Morgan fingerprint density at radius 2 is 2.18 bits per heavy atom. The number of rotatable bonds is 6.